The van der Waals surface area contributed by atoms with E-state index in [1.54, 1.807) is 4.90 Å². The molecule has 2 aliphatic rings. The molecule has 0 aliphatic carbocycles. The lowest BCUT2D eigenvalue weighted by Gasteiger charge is -2.32. The fourth-order valence-electron chi connectivity index (χ4n) is 3.45. The van der Waals surface area contributed by atoms with Gasteiger partial charge >= 0.3 is 6.09 Å². The Labute approximate surface area is 153 Å². The van der Waals surface area contributed by atoms with Crippen molar-refractivity contribution in [3.8, 4) is 0 Å². The standard InChI is InChI=1S/C20H26N2O4/c1-20(2,3)26-19(23)22-8-6-13(7-9-22)18-21-16-10-14(15-11-24-12-15)4-5-17(16)25-18/h4-5,10,13,15H,6-9,11-12H2,1-3H3. The number of benzene rings is 1. The monoisotopic (exact) mass is 358 g/mol. The van der Waals surface area contributed by atoms with E-state index in [0.29, 0.717) is 19.0 Å². The van der Waals surface area contributed by atoms with Gasteiger partial charge in [0.25, 0.3) is 0 Å². The number of carbonyl (C=O) groups excluding carboxylic acids is 1. The Bertz CT molecular complexity index is 796. The highest BCUT2D eigenvalue weighted by Crippen LogP contribution is 2.32. The largest absolute Gasteiger partial charge is 0.444 e. The van der Waals surface area contributed by atoms with Crippen LogP contribution in [-0.4, -0.2) is 47.9 Å². The molecular weight excluding hydrogens is 332 g/mol. The van der Waals surface area contributed by atoms with Crippen molar-refractivity contribution in [2.45, 2.75) is 51.0 Å². The maximum Gasteiger partial charge on any atom is 0.410 e. The summed E-state index contributed by atoms with van der Waals surface area (Å²) in [7, 11) is 0. The summed E-state index contributed by atoms with van der Waals surface area (Å²) in [4.78, 5) is 18.7. The lowest BCUT2D eigenvalue weighted by molar-refractivity contribution is 0.00846. The predicted molar refractivity (Wildman–Crippen MR) is 97.4 cm³/mol. The second-order valence-corrected chi connectivity index (χ2v) is 8.26. The average Bonchev–Trinajstić information content (AvgIpc) is 2.95. The molecule has 6 nitrogen and oxygen atoms in total. The predicted octanol–water partition coefficient (Wildman–Crippen LogP) is 4.06. The molecule has 1 aromatic heterocycles. The number of piperidine rings is 1. The van der Waals surface area contributed by atoms with E-state index >= 15 is 0 Å². The van der Waals surface area contributed by atoms with Gasteiger partial charge in [0.05, 0.1) is 13.2 Å². The summed E-state index contributed by atoms with van der Waals surface area (Å²) in [5.41, 5.74) is 2.55. The second-order valence-electron chi connectivity index (χ2n) is 8.26. The number of ether oxygens (including phenoxy) is 2. The Balaban J connectivity index is 1.41. The first-order valence-corrected chi connectivity index (χ1v) is 9.35. The second kappa shape index (κ2) is 6.58. The van der Waals surface area contributed by atoms with Gasteiger partial charge in [-0.05, 0) is 51.3 Å². The van der Waals surface area contributed by atoms with Gasteiger partial charge in [-0.1, -0.05) is 6.07 Å². The third-order valence-corrected chi connectivity index (χ3v) is 5.03. The van der Waals surface area contributed by atoms with E-state index < -0.39 is 5.60 Å². The number of hydrogen-bond donors (Lipinski definition) is 0. The summed E-state index contributed by atoms with van der Waals surface area (Å²) < 4.78 is 16.7. The van der Waals surface area contributed by atoms with E-state index in [4.69, 9.17) is 18.9 Å². The first-order chi connectivity index (χ1) is 12.4. The molecule has 2 saturated heterocycles. The third kappa shape index (κ3) is 3.56. The number of likely N-dealkylation sites (tertiary alicyclic amines) is 1. The van der Waals surface area contributed by atoms with E-state index in [1.165, 1.54) is 5.56 Å². The molecule has 26 heavy (non-hydrogen) atoms. The molecule has 1 aromatic carbocycles. The van der Waals surface area contributed by atoms with Gasteiger partial charge in [-0.2, -0.15) is 0 Å². The number of oxazole rings is 1. The molecule has 4 rings (SSSR count). The number of amides is 1. The minimum Gasteiger partial charge on any atom is -0.444 e. The number of hydrogen-bond acceptors (Lipinski definition) is 5. The molecule has 0 N–H and O–H groups in total. The van der Waals surface area contributed by atoms with Gasteiger partial charge in [0.1, 0.15) is 11.1 Å². The Kier molecular flexibility index (Phi) is 4.39. The number of aromatic nitrogens is 1. The van der Waals surface area contributed by atoms with E-state index in [9.17, 15) is 4.79 Å². The zero-order valence-electron chi connectivity index (χ0n) is 15.7. The molecule has 0 bridgehead atoms. The van der Waals surface area contributed by atoms with Crippen LogP contribution in [0.1, 0.15) is 56.9 Å². The molecular formula is C20H26N2O4. The van der Waals surface area contributed by atoms with Crippen molar-refractivity contribution in [2.24, 2.45) is 0 Å². The van der Waals surface area contributed by atoms with Crippen molar-refractivity contribution in [3.63, 3.8) is 0 Å². The molecule has 1 amide bonds. The highest BCUT2D eigenvalue weighted by molar-refractivity contribution is 5.74. The average molecular weight is 358 g/mol. The van der Waals surface area contributed by atoms with Gasteiger partial charge in [-0.3, -0.25) is 0 Å². The van der Waals surface area contributed by atoms with Crippen molar-refractivity contribution in [2.75, 3.05) is 26.3 Å². The van der Waals surface area contributed by atoms with Crippen LogP contribution in [-0.2, 0) is 9.47 Å². The molecule has 0 radical (unpaired) electrons. The Morgan fingerprint density at radius 1 is 1.19 bits per heavy atom. The summed E-state index contributed by atoms with van der Waals surface area (Å²) in [5, 5.41) is 0. The third-order valence-electron chi connectivity index (χ3n) is 5.03. The Morgan fingerprint density at radius 3 is 2.54 bits per heavy atom. The minimum absolute atomic E-state index is 0.235. The van der Waals surface area contributed by atoms with Gasteiger partial charge in [0.2, 0.25) is 0 Å². The molecule has 2 aliphatic heterocycles. The lowest BCUT2D eigenvalue weighted by Crippen LogP contribution is -2.41. The first kappa shape index (κ1) is 17.3. The van der Waals surface area contributed by atoms with Gasteiger partial charge < -0.3 is 18.8 Å². The lowest BCUT2D eigenvalue weighted by atomic mass is 9.97. The summed E-state index contributed by atoms with van der Waals surface area (Å²) in [6.07, 6.45) is 1.45. The van der Waals surface area contributed by atoms with Crippen molar-refractivity contribution < 1.29 is 18.7 Å². The minimum atomic E-state index is -0.461. The summed E-state index contributed by atoms with van der Waals surface area (Å²) >= 11 is 0. The van der Waals surface area contributed by atoms with Crippen molar-refractivity contribution >= 4 is 17.2 Å². The molecule has 0 spiro atoms. The topological polar surface area (TPSA) is 64.8 Å². The zero-order valence-corrected chi connectivity index (χ0v) is 15.7. The summed E-state index contributed by atoms with van der Waals surface area (Å²) in [5.74, 6) is 1.51. The maximum absolute atomic E-state index is 12.2. The first-order valence-electron chi connectivity index (χ1n) is 9.35. The molecule has 0 atom stereocenters. The maximum atomic E-state index is 12.2. The highest BCUT2D eigenvalue weighted by atomic mass is 16.6. The number of fused-ring (bicyclic) bond motifs is 1. The molecule has 6 heteroatoms. The molecule has 140 valence electrons. The Morgan fingerprint density at radius 2 is 1.92 bits per heavy atom. The van der Waals surface area contributed by atoms with Crippen molar-refractivity contribution in [3.05, 3.63) is 29.7 Å². The fraction of sp³-hybridized carbons (Fsp3) is 0.600. The number of carbonyl (C=O) groups is 1. The van der Waals surface area contributed by atoms with Crippen LogP contribution >= 0.6 is 0 Å². The van der Waals surface area contributed by atoms with E-state index in [0.717, 1.165) is 43.0 Å². The van der Waals surface area contributed by atoms with Gasteiger partial charge in [-0.15, -0.1) is 0 Å². The molecule has 2 aromatic rings. The fourth-order valence-corrected chi connectivity index (χ4v) is 3.45. The molecule has 2 fully saturated rings. The van der Waals surface area contributed by atoms with Crippen LogP contribution in [0.15, 0.2) is 22.6 Å². The van der Waals surface area contributed by atoms with Crippen molar-refractivity contribution in [1.29, 1.82) is 0 Å². The van der Waals surface area contributed by atoms with Crippen LogP contribution < -0.4 is 0 Å². The number of rotatable bonds is 2. The number of nitrogens with zero attached hydrogens (tertiary/aromatic N) is 2. The van der Waals surface area contributed by atoms with E-state index in [2.05, 4.69) is 12.1 Å². The molecule has 0 unspecified atom stereocenters. The Hall–Kier alpha value is -2.08. The van der Waals surface area contributed by atoms with Gasteiger partial charge in [0, 0.05) is 24.9 Å². The smallest absolute Gasteiger partial charge is 0.410 e. The SMILES string of the molecule is CC(C)(C)OC(=O)N1CCC(c2nc3cc(C4COC4)ccc3o2)CC1. The van der Waals surface area contributed by atoms with Gasteiger partial charge in [0.15, 0.2) is 11.5 Å². The van der Waals surface area contributed by atoms with Crippen LogP contribution in [0.4, 0.5) is 4.79 Å². The zero-order chi connectivity index (χ0) is 18.3. The van der Waals surface area contributed by atoms with E-state index in [1.807, 2.05) is 26.8 Å². The molecule has 0 saturated carbocycles. The highest BCUT2D eigenvalue weighted by Gasteiger charge is 2.30. The van der Waals surface area contributed by atoms with Crippen LogP contribution in [0, 0.1) is 0 Å². The van der Waals surface area contributed by atoms with Crippen LogP contribution in [0.25, 0.3) is 11.1 Å². The van der Waals surface area contributed by atoms with Crippen molar-refractivity contribution in [1.82, 2.24) is 9.88 Å². The van der Waals surface area contributed by atoms with Crippen LogP contribution in [0.3, 0.4) is 0 Å². The molecule has 3 heterocycles. The van der Waals surface area contributed by atoms with Crippen LogP contribution in [0.5, 0.6) is 0 Å². The summed E-state index contributed by atoms with van der Waals surface area (Å²) in [6.45, 7) is 8.59. The van der Waals surface area contributed by atoms with E-state index in [-0.39, 0.29) is 12.0 Å². The van der Waals surface area contributed by atoms with Gasteiger partial charge in [-0.25, -0.2) is 9.78 Å². The summed E-state index contributed by atoms with van der Waals surface area (Å²) in [6, 6.07) is 6.23. The quantitative estimate of drug-likeness (QED) is 0.810. The normalized spacial score (nSPS) is 19.6. The van der Waals surface area contributed by atoms with Crippen LogP contribution in [0.2, 0.25) is 0 Å².